The van der Waals surface area contributed by atoms with Gasteiger partial charge in [0, 0.05) is 86.2 Å². The van der Waals surface area contributed by atoms with Crippen molar-refractivity contribution in [3.05, 3.63) is 76.4 Å². The summed E-state index contributed by atoms with van der Waals surface area (Å²) in [7, 11) is 0. The van der Waals surface area contributed by atoms with Crippen LogP contribution in [-0.2, 0) is 18.9 Å². The van der Waals surface area contributed by atoms with E-state index < -0.39 is 24.0 Å². The number of likely N-dealkylation sites (tertiary alicyclic amines) is 1. The minimum absolute atomic E-state index is 0.0694. The number of nitrogens with zero attached hydrogens (tertiary/aromatic N) is 4. The predicted molar refractivity (Wildman–Crippen MR) is 231 cm³/mol. The number of halogens is 3. The Bertz CT molecular complexity index is 1900. The van der Waals surface area contributed by atoms with Gasteiger partial charge in [-0.25, -0.2) is 18.6 Å². The lowest BCUT2D eigenvalue weighted by atomic mass is 10.0. The molecule has 18 heteroatoms. The quantitative estimate of drug-likeness (QED) is 0.0852. The van der Waals surface area contributed by atoms with Crippen LogP contribution in [0.25, 0.3) is 11.3 Å². The smallest absolute Gasteiger partial charge is 0.404 e. The van der Waals surface area contributed by atoms with Crippen LogP contribution in [0.15, 0.2) is 54.6 Å². The molecule has 3 amide bonds. The average Bonchev–Trinajstić information content (AvgIpc) is 3.72. The number of piperazine rings is 1. The van der Waals surface area contributed by atoms with E-state index in [1.165, 1.54) is 12.1 Å². The Hall–Kier alpha value is -4.65. The Morgan fingerprint density at radius 2 is 1.60 bits per heavy atom. The fourth-order valence-electron chi connectivity index (χ4n) is 7.54. The van der Waals surface area contributed by atoms with Gasteiger partial charge in [0.2, 0.25) is 0 Å². The van der Waals surface area contributed by atoms with Gasteiger partial charge in [-0.15, -0.1) is 0 Å². The highest BCUT2D eigenvalue weighted by Crippen LogP contribution is 2.34. The molecule has 0 unspecified atom stereocenters. The molecular formula is C44H59ClF2N6O9. The van der Waals surface area contributed by atoms with E-state index in [-0.39, 0.29) is 60.5 Å². The summed E-state index contributed by atoms with van der Waals surface area (Å²) in [6.07, 6.45) is -1.70. The van der Waals surface area contributed by atoms with Crippen LogP contribution < -0.4 is 20.3 Å². The average molecular weight is 889 g/mol. The van der Waals surface area contributed by atoms with Crippen molar-refractivity contribution in [3.63, 3.8) is 0 Å². The minimum atomic E-state index is -2.85. The summed E-state index contributed by atoms with van der Waals surface area (Å²) < 4.78 is 55.8. The lowest BCUT2D eigenvalue weighted by molar-refractivity contribution is -0.00205. The van der Waals surface area contributed by atoms with Gasteiger partial charge >= 0.3 is 6.09 Å². The molecule has 0 aliphatic carbocycles. The van der Waals surface area contributed by atoms with Crippen molar-refractivity contribution in [3.8, 4) is 17.0 Å². The van der Waals surface area contributed by atoms with Crippen molar-refractivity contribution in [2.45, 2.75) is 51.6 Å². The van der Waals surface area contributed by atoms with Gasteiger partial charge in [0.25, 0.3) is 18.2 Å². The predicted octanol–water partition coefficient (Wildman–Crippen LogP) is 6.01. The molecule has 5 rings (SSSR count). The Balaban J connectivity index is 1.13. The maximum Gasteiger partial charge on any atom is 0.404 e. The highest BCUT2D eigenvalue weighted by Gasteiger charge is 2.34. The third-order valence-electron chi connectivity index (χ3n) is 10.6. The fourth-order valence-corrected chi connectivity index (χ4v) is 7.72. The number of amides is 3. The number of anilines is 1. The van der Waals surface area contributed by atoms with Crippen LogP contribution in [0.3, 0.4) is 0 Å². The van der Waals surface area contributed by atoms with Crippen molar-refractivity contribution in [2.75, 3.05) is 110 Å². The zero-order valence-corrected chi connectivity index (χ0v) is 36.3. The SMILES string of the molecule is CCOc1ccccc1-c1ccc(N2CCN(C(=O)c3ccc(Cl)cc3C(F)F)C[C@H]2CC)c(C(=O)N[C@@H]2CCN(CCCOCCOCCOCCOCCNC(=O)O)C2)n1. The number of carbonyl (C=O) groups is 3. The number of aromatic nitrogens is 1. The second-order valence-electron chi connectivity index (χ2n) is 14.8. The second kappa shape index (κ2) is 25.5. The highest BCUT2D eigenvalue weighted by molar-refractivity contribution is 6.30. The number of ether oxygens (including phenoxy) is 5. The van der Waals surface area contributed by atoms with Crippen LogP contribution >= 0.6 is 11.6 Å². The van der Waals surface area contributed by atoms with Gasteiger partial charge in [-0.2, -0.15) is 0 Å². The Morgan fingerprint density at radius 1 is 0.887 bits per heavy atom. The normalized spacial score (nSPS) is 16.8. The summed E-state index contributed by atoms with van der Waals surface area (Å²) in [5, 5.41) is 14.1. The molecule has 2 saturated heterocycles. The number of carboxylic acid groups (broad SMARTS) is 1. The van der Waals surface area contributed by atoms with Gasteiger partial charge < -0.3 is 54.1 Å². The standard InChI is InChI=1S/C44H59ClF2N6O9/c1-3-33-30-52(43(55)34-11-10-31(45)28-36(34)41(46)47)18-19-53(33)38-13-12-37(35-8-5-6-9-39(35)62-4-2)50-40(38)42(54)49-32-14-17-51(29-32)16-7-20-58-22-24-60-26-27-61-25-23-59-21-15-48-44(56)57/h5-6,8-13,28,32-33,41,48H,3-4,7,14-27,29-30H2,1-2H3,(H,49,54)(H,56,57)/t32-,33-/m1/s1. The van der Waals surface area contributed by atoms with Crippen molar-refractivity contribution in [1.29, 1.82) is 0 Å². The molecule has 2 aromatic carbocycles. The molecule has 2 atom stereocenters. The Morgan fingerprint density at radius 3 is 2.29 bits per heavy atom. The van der Waals surface area contributed by atoms with Crippen molar-refractivity contribution in [1.82, 2.24) is 25.4 Å². The van der Waals surface area contributed by atoms with Gasteiger partial charge in [-0.1, -0.05) is 30.7 Å². The van der Waals surface area contributed by atoms with E-state index in [0.29, 0.717) is 89.5 Å². The molecule has 2 aliphatic heterocycles. The van der Waals surface area contributed by atoms with Gasteiger partial charge in [0.15, 0.2) is 5.69 Å². The highest BCUT2D eigenvalue weighted by atomic mass is 35.5. The first kappa shape index (κ1) is 48.4. The van der Waals surface area contributed by atoms with E-state index in [2.05, 4.69) is 20.4 Å². The van der Waals surface area contributed by atoms with E-state index in [1.54, 1.807) is 4.90 Å². The maximum absolute atomic E-state index is 14.3. The third-order valence-corrected chi connectivity index (χ3v) is 10.8. The van der Waals surface area contributed by atoms with Crippen LogP contribution in [0.1, 0.15) is 65.9 Å². The van der Waals surface area contributed by atoms with Crippen LogP contribution in [0.2, 0.25) is 5.02 Å². The summed E-state index contributed by atoms with van der Waals surface area (Å²) in [6, 6.07) is 15.0. The number of nitrogens with one attached hydrogen (secondary N) is 2. The molecule has 0 spiro atoms. The van der Waals surface area contributed by atoms with Gasteiger partial charge in [-0.3, -0.25) is 9.59 Å². The summed E-state index contributed by atoms with van der Waals surface area (Å²) >= 11 is 6.00. The summed E-state index contributed by atoms with van der Waals surface area (Å²) in [6.45, 7) is 11.2. The molecule has 62 heavy (non-hydrogen) atoms. The van der Waals surface area contributed by atoms with Crippen LogP contribution in [0, 0.1) is 0 Å². The molecule has 340 valence electrons. The largest absolute Gasteiger partial charge is 0.493 e. The number of rotatable bonds is 25. The van der Waals surface area contributed by atoms with Crippen LogP contribution in [0.5, 0.6) is 5.75 Å². The number of benzene rings is 2. The second-order valence-corrected chi connectivity index (χ2v) is 15.3. The maximum atomic E-state index is 14.3. The van der Waals surface area contributed by atoms with E-state index in [4.69, 9.17) is 45.4 Å². The molecule has 2 fully saturated rings. The van der Waals surface area contributed by atoms with E-state index in [1.807, 2.05) is 50.2 Å². The Kier molecular flexibility index (Phi) is 19.9. The van der Waals surface area contributed by atoms with Crippen LogP contribution in [-0.4, -0.2) is 155 Å². The molecule has 0 bridgehead atoms. The molecule has 2 aliphatic rings. The summed E-state index contributed by atoms with van der Waals surface area (Å²) in [4.78, 5) is 49.3. The lowest BCUT2D eigenvalue weighted by Gasteiger charge is -2.43. The zero-order valence-electron chi connectivity index (χ0n) is 35.5. The van der Waals surface area contributed by atoms with E-state index in [9.17, 15) is 23.2 Å². The topological polar surface area (TPSA) is 164 Å². The molecule has 0 saturated carbocycles. The number of hydrogen-bond acceptors (Lipinski definition) is 11. The summed E-state index contributed by atoms with van der Waals surface area (Å²) in [5.41, 5.74) is 1.78. The van der Waals surface area contributed by atoms with Gasteiger partial charge in [-0.05, 0) is 68.7 Å². The monoisotopic (exact) mass is 888 g/mol. The van der Waals surface area contributed by atoms with E-state index in [0.717, 1.165) is 37.6 Å². The van der Waals surface area contributed by atoms with Gasteiger partial charge in [0.05, 0.1) is 64.2 Å². The van der Waals surface area contributed by atoms with Crippen LogP contribution in [0.4, 0.5) is 19.3 Å². The fraction of sp³-hybridized carbons (Fsp3) is 0.545. The first-order valence-corrected chi connectivity index (χ1v) is 21.6. The molecule has 3 aromatic rings. The van der Waals surface area contributed by atoms with Gasteiger partial charge in [0.1, 0.15) is 5.75 Å². The van der Waals surface area contributed by atoms with Crippen molar-refractivity contribution >= 4 is 35.2 Å². The third kappa shape index (κ3) is 14.5. The number of alkyl halides is 2. The molecule has 15 nitrogen and oxygen atoms in total. The minimum Gasteiger partial charge on any atom is -0.493 e. The molecular weight excluding hydrogens is 830 g/mol. The lowest BCUT2D eigenvalue weighted by Crippen LogP contribution is -2.55. The first-order chi connectivity index (χ1) is 30.1. The number of hydrogen-bond donors (Lipinski definition) is 3. The van der Waals surface area contributed by atoms with E-state index >= 15 is 0 Å². The molecule has 3 N–H and O–H groups in total. The first-order valence-electron chi connectivity index (χ1n) is 21.3. The van der Waals surface area contributed by atoms with Crippen molar-refractivity contribution in [2.24, 2.45) is 0 Å². The number of para-hydroxylation sites is 1. The molecule has 3 heterocycles. The molecule has 1 aromatic heterocycles. The van der Waals surface area contributed by atoms with Crippen molar-refractivity contribution < 1.29 is 52.0 Å². The number of carbonyl (C=O) groups excluding carboxylic acids is 2. The zero-order chi connectivity index (χ0) is 44.3. The number of pyridine rings is 1. The summed E-state index contributed by atoms with van der Waals surface area (Å²) in [5.74, 6) is -0.126. The Labute approximate surface area is 366 Å². The molecule has 0 radical (unpaired) electrons.